The first-order valence-electron chi connectivity index (χ1n) is 10.00. The van der Waals surface area contributed by atoms with Gasteiger partial charge in [-0.3, -0.25) is 0 Å². The summed E-state index contributed by atoms with van der Waals surface area (Å²) in [4.78, 5) is 14.9. The maximum atomic E-state index is 10.4. The molecule has 29 heavy (non-hydrogen) atoms. The Labute approximate surface area is 174 Å². The number of rotatable bonds is 3. The Morgan fingerprint density at radius 3 is 2.69 bits per heavy atom. The molecule has 2 aromatic carbocycles. The zero-order valence-corrected chi connectivity index (χ0v) is 17.4. The molecular weight excluding hydrogens is 378 g/mol. The van der Waals surface area contributed by atoms with Gasteiger partial charge in [-0.15, -0.1) is 11.3 Å². The molecule has 1 atom stereocenters. The lowest BCUT2D eigenvalue weighted by Crippen LogP contribution is -2.23. The minimum atomic E-state index is 0.206. The van der Waals surface area contributed by atoms with E-state index in [-0.39, 0.29) is 5.75 Å². The van der Waals surface area contributed by atoms with E-state index in [1.807, 2.05) is 29.5 Å². The summed E-state index contributed by atoms with van der Waals surface area (Å²) in [6.07, 6.45) is 2.27. The fourth-order valence-corrected chi connectivity index (χ4v) is 5.20. The van der Waals surface area contributed by atoms with Gasteiger partial charge in [-0.05, 0) is 68.7 Å². The average molecular weight is 402 g/mol. The van der Waals surface area contributed by atoms with Crippen molar-refractivity contribution in [2.24, 2.45) is 0 Å². The first kappa shape index (κ1) is 18.1. The lowest BCUT2D eigenvalue weighted by atomic mass is 10.1. The molecule has 3 heterocycles. The highest BCUT2D eigenvalue weighted by molar-refractivity contribution is 7.12. The summed E-state index contributed by atoms with van der Waals surface area (Å²) >= 11 is 1.87. The summed E-state index contributed by atoms with van der Waals surface area (Å²) < 4.78 is 0. The Morgan fingerprint density at radius 2 is 1.90 bits per heavy atom. The van der Waals surface area contributed by atoms with Crippen molar-refractivity contribution in [3.8, 4) is 17.1 Å². The van der Waals surface area contributed by atoms with Gasteiger partial charge in [-0.25, -0.2) is 9.97 Å². The van der Waals surface area contributed by atoms with E-state index in [1.165, 1.54) is 9.75 Å². The molecule has 1 saturated heterocycles. The SMILES string of the molecule is Cc1ccc2c(N3CCCC3c3ccc(C)s3)nc(-c3ccccc3O)nc2c1. The van der Waals surface area contributed by atoms with E-state index in [2.05, 4.69) is 49.1 Å². The van der Waals surface area contributed by atoms with Crippen LogP contribution in [0.25, 0.3) is 22.3 Å². The van der Waals surface area contributed by atoms with Crippen LogP contribution in [0.15, 0.2) is 54.6 Å². The summed E-state index contributed by atoms with van der Waals surface area (Å²) in [7, 11) is 0. The molecule has 0 spiro atoms. The summed E-state index contributed by atoms with van der Waals surface area (Å²) in [5.74, 6) is 1.74. The zero-order chi connectivity index (χ0) is 20.0. The lowest BCUT2D eigenvalue weighted by Gasteiger charge is -2.26. The van der Waals surface area contributed by atoms with E-state index in [4.69, 9.17) is 9.97 Å². The molecule has 4 aromatic rings. The number of aromatic hydroxyl groups is 1. The molecule has 0 radical (unpaired) electrons. The summed E-state index contributed by atoms with van der Waals surface area (Å²) in [6.45, 7) is 5.21. The second-order valence-corrected chi connectivity index (χ2v) is 9.03. The minimum absolute atomic E-state index is 0.206. The van der Waals surface area contributed by atoms with E-state index >= 15 is 0 Å². The Bertz CT molecular complexity index is 1200. The average Bonchev–Trinajstić information content (AvgIpc) is 3.36. The number of aromatic nitrogens is 2. The molecule has 0 saturated carbocycles. The Kier molecular flexibility index (Phi) is 4.47. The van der Waals surface area contributed by atoms with Crippen LogP contribution in [0.5, 0.6) is 5.75 Å². The van der Waals surface area contributed by atoms with E-state index in [0.717, 1.165) is 41.7 Å². The highest BCUT2D eigenvalue weighted by Crippen LogP contribution is 2.41. The first-order chi connectivity index (χ1) is 14.1. The molecule has 1 N–H and O–H groups in total. The molecule has 1 aliphatic heterocycles. The largest absolute Gasteiger partial charge is 0.507 e. The van der Waals surface area contributed by atoms with Gasteiger partial charge >= 0.3 is 0 Å². The number of hydrogen-bond donors (Lipinski definition) is 1. The zero-order valence-electron chi connectivity index (χ0n) is 16.6. The number of aryl methyl sites for hydroxylation is 2. The van der Waals surface area contributed by atoms with E-state index in [9.17, 15) is 5.11 Å². The Hall–Kier alpha value is -2.92. The summed E-state index contributed by atoms with van der Waals surface area (Å²) in [5.41, 5.74) is 2.75. The number of phenolic OH excluding ortho intramolecular Hbond substituents is 1. The molecule has 0 amide bonds. The van der Waals surface area contributed by atoms with Crippen molar-refractivity contribution < 1.29 is 5.11 Å². The topological polar surface area (TPSA) is 49.2 Å². The highest BCUT2D eigenvalue weighted by Gasteiger charge is 2.30. The van der Waals surface area contributed by atoms with Crippen molar-refractivity contribution in [2.45, 2.75) is 32.7 Å². The third-order valence-corrected chi connectivity index (χ3v) is 6.69. The maximum absolute atomic E-state index is 10.4. The van der Waals surface area contributed by atoms with E-state index in [0.29, 0.717) is 17.4 Å². The van der Waals surface area contributed by atoms with Gasteiger partial charge in [0.15, 0.2) is 5.82 Å². The van der Waals surface area contributed by atoms with E-state index in [1.54, 1.807) is 6.07 Å². The molecule has 1 unspecified atom stereocenters. The number of nitrogens with zero attached hydrogens (tertiary/aromatic N) is 3. The van der Waals surface area contributed by atoms with E-state index < -0.39 is 0 Å². The Balaban J connectivity index is 1.70. The third kappa shape index (κ3) is 3.25. The summed E-state index contributed by atoms with van der Waals surface area (Å²) in [5, 5.41) is 11.5. The van der Waals surface area contributed by atoms with Crippen molar-refractivity contribution in [1.82, 2.24) is 9.97 Å². The second kappa shape index (κ2) is 7.16. The molecule has 5 heteroatoms. The molecule has 4 nitrogen and oxygen atoms in total. The maximum Gasteiger partial charge on any atom is 0.165 e. The van der Waals surface area contributed by atoms with Crippen LogP contribution in [-0.4, -0.2) is 21.6 Å². The number of fused-ring (bicyclic) bond motifs is 1. The van der Waals surface area contributed by atoms with Crippen LogP contribution in [-0.2, 0) is 0 Å². The van der Waals surface area contributed by atoms with Crippen LogP contribution >= 0.6 is 11.3 Å². The van der Waals surface area contributed by atoms with Gasteiger partial charge < -0.3 is 10.0 Å². The third-order valence-electron chi connectivity index (χ3n) is 5.59. The number of para-hydroxylation sites is 1. The van der Waals surface area contributed by atoms with Crippen LogP contribution in [0.3, 0.4) is 0 Å². The molecule has 1 aliphatic rings. The van der Waals surface area contributed by atoms with Crippen LogP contribution in [0.1, 0.15) is 34.2 Å². The number of hydrogen-bond acceptors (Lipinski definition) is 5. The first-order valence-corrected chi connectivity index (χ1v) is 10.8. The number of thiophene rings is 1. The molecule has 2 aromatic heterocycles. The van der Waals surface area contributed by atoms with Crippen LogP contribution in [0, 0.1) is 13.8 Å². The Morgan fingerprint density at radius 1 is 1.03 bits per heavy atom. The smallest absolute Gasteiger partial charge is 0.165 e. The van der Waals surface area contributed by atoms with Crippen molar-refractivity contribution in [3.05, 3.63) is 69.9 Å². The number of anilines is 1. The van der Waals surface area contributed by atoms with Crippen molar-refractivity contribution >= 4 is 28.1 Å². The predicted molar refractivity (Wildman–Crippen MR) is 120 cm³/mol. The lowest BCUT2D eigenvalue weighted by molar-refractivity contribution is 0.477. The van der Waals surface area contributed by atoms with Crippen LogP contribution in [0.4, 0.5) is 5.82 Å². The molecule has 0 aliphatic carbocycles. The van der Waals surface area contributed by atoms with Crippen LogP contribution in [0.2, 0.25) is 0 Å². The highest BCUT2D eigenvalue weighted by atomic mass is 32.1. The summed E-state index contributed by atoms with van der Waals surface area (Å²) in [6, 6.07) is 18.4. The molecular formula is C24H23N3OS. The van der Waals surface area contributed by atoms with Gasteiger partial charge in [-0.1, -0.05) is 18.2 Å². The second-order valence-electron chi connectivity index (χ2n) is 7.71. The van der Waals surface area contributed by atoms with Crippen molar-refractivity contribution in [1.29, 1.82) is 0 Å². The molecule has 146 valence electrons. The number of benzene rings is 2. The molecule has 1 fully saturated rings. The van der Waals surface area contributed by atoms with Gasteiger partial charge in [0.2, 0.25) is 0 Å². The molecule has 5 rings (SSSR count). The fraction of sp³-hybridized carbons (Fsp3) is 0.250. The fourth-order valence-electron chi connectivity index (χ4n) is 4.17. The van der Waals surface area contributed by atoms with Gasteiger partial charge in [0, 0.05) is 21.7 Å². The van der Waals surface area contributed by atoms with Gasteiger partial charge in [-0.2, -0.15) is 0 Å². The van der Waals surface area contributed by atoms with Gasteiger partial charge in [0.05, 0.1) is 17.1 Å². The van der Waals surface area contributed by atoms with Gasteiger partial charge in [0.25, 0.3) is 0 Å². The minimum Gasteiger partial charge on any atom is -0.507 e. The number of phenols is 1. The quantitative estimate of drug-likeness (QED) is 0.456. The van der Waals surface area contributed by atoms with Crippen LogP contribution < -0.4 is 4.90 Å². The standard InChI is InChI=1S/C24H23N3OS/c1-15-9-11-17-19(14-15)25-23(18-6-3-4-8-21(18)28)26-24(17)27-13-5-7-20(27)22-12-10-16(2)29-22/h3-4,6,8-12,14,20,28H,5,7,13H2,1-2H3. The molecule has 0 bridgehead atoms. The normalized spacial score (nSPS) is 16.6. The van der Waals surface area contributed by atoms with Gasteiger partial charge in [0.1, 0.15) is 11.6 Å². The van der Waals surface area contributed by atoms with Crippen molar-refractivity contribution in [2.75, 3.05) is 11.4 Å². The monoisotopic (exact) mass is 401 g/mol. The predicted octanol–water partition coefficient (Wildman–Crippen LogP) is 6.02. The van der Waals surface area contributed by atoms with Crippen molar-refractivity contribution in [3.63, 3.8) is 0 Å².